The smallest absolute Gasteiger partial charge is 0.289 e. The lowest BCUT2D eigenvalue weighted by Gasteiger charge is -2.31. The van der Waals surface area contributed by atoms with Crippen molar-refractivity contribution in [2.45, 2.75) is 104 Å². The maximum absolute atomic E-state index is 13.8. The van der Waals surface area contributed by atoms with Gasteiger partial charge in [-0.2, -0.15) is 5.10 Å². The summed E-state index contributed by atoms with van der Waals surface area (Å²) in [6.07, 6.45) is 9.60. The molecule has 2 aliphatic heterocycles. The molecule has 1 saturated heterocycles. The summed E-state index contributed by atoms with van der Waals surface area (Å²) in [6, 6.07) is 11.5. The Kier molecular flexibility index (Phi) is 10.9. The van der Waals surface area contributed by atoms with E-state index in [0.29, 0.717) is 80.5 Å². The van der Waals surface area contributed by atoms with E-state index in [1.807, 2.05) is 49.3 Å². The maximum Gasteiger partial charge on any atom is 0.289 e. The molecule has 1 unspecified atom stereocenters. The normalized spacial score (nSPS) is 16.2. The van der Waals surface area contributed by atoms with Crippen LogP contribution >= 0.6 is 0 Å². The first kappa shape index (κ1) is 41.7. The van der Waals surface area contributed by atoms with Gasteiger partial charge in [-0.25, -0.2) is 19.6 Å². The Morgan fingerprint density at radius 1 is 1.03 bits per heavy atom. The van der Waals surface area contributed by atoms with Crippen molar-refractivity contribution >= 4 is 57.0 Å². The number of fused-ring (bicyclic) bond motifs is 4. The van der Waals surface area contributed by atoms with Gasteiger partial charge in [0.05, 0.1) is 28.8 Å². The van der Waals surface area contributed by atoms with E-state index in [1.165, 1.54) is 0 Å². The first-order chi connectivity index (χ1) is 31.5. The van der Waals surface area contributed by atoms with Crippen LogP contribution in [0.4, 0.5) is 17.3 Å². The van der Waals surface area contributed by atoms with Gasteiger partial charge in [0.2, 0.25) is 11.7 Å². The third-order valence-corrected chi connectivity index (χ3v) is 12.8. The molecule has 5 aromatic heterocycles. The number of carbonyl (C=O) groups is 3. The molecule has 17 heteroatoms. The van der Waals surface area contributed by atoms with Gasteiger partial charge in [-0.3, -0.25) is 14.4 Å². The minimum atomic E-state index is -0.491. The van der Waals surface area contributed by atoms with Crippen LogP contribution in [0.1, 0.15) is 106 Å². The number of aromatic nitrogens is 8. The van der Waals surface area contributed by atoms with Gasteiger partial charge < -0.3 is 40.2 Å². The number of H-pyrrole nitrogens is 1. The number of benzene rings is 2. The van der Waals surface area contributed by atoms with E-state index in [4.69, 9.17) is 19.6 Å². The number of allylic oxidation sites excluding steroid dienone is 1. The summed E-state index contributed by atoms with van der Waals surface area (Å²) in [6.45, 7) is 14.8. The van der Waals surface area contributed by atoms with Crippen LogP contribution in [0.15, 0.2) is 65.7 Å². The average molecular weight is 876 g/mol. The van der Waals surface area contributed by atoms with Crippen LogP contribution in [0.5, 0.6) is 0 Å². The fraction of sp³-hybridized carbons (Fsp3) is 0.375. The van der Waals surface area contributed by atoms with Crippen LogP contribution in [-0.4, -0.2) is 81.2 Å². The number of rotatable bonds is 16. The lowest BCUT2D eigenvalue weighted by atomic mass is 9.97. The summed E-state index contributed by atoms with van der Waals surface area (Å²) < 4.78 is 9.52. The zero-order chi connectivity index (χ0) is 44.9. The molecule has 0 bridgehead atoms. The van der Waals surface area contributed by atoms with Crippen LogP contribution < -0.4 is 21.3 Å². The maximum atomic E-state index is 13.8. The first-order valence-electron chi connectivity index (χ1n) is 22.6. The number of nitrogens with zero attached hydrogens (tertiary/aromatic N) is 8. The third-order valence-electron chi connectivity index (χ3n) is 12.8. The summed E-state index contributed by atoms with van der Waals surface area (Å²) in [5.74, 6) is 1.99. The molecule has 0 spiro atoms. The lowest BCUT2D eigenvalue weighted by Crippen LogP contribution is -2.49. The van der Waals surface area contributed by atoms with Gasteiger partial charge in [-0.1, -0.05) is 17.8 Å². The van der Waals surface area contributed by atoms with Gasteiger partial charge in [-0.05, 0) is 108 Å². The number of carbonyl (C=O) groups excluding carboxylic acids is 3. The summed E-state index contributed by atoms with van der Waals surface area (Å²) in [7, 11) is 0. The number of nitrogens with one attached hydrogen (secondary N) is 5. The molecule has 3 aliphatic rings. The Labute approximate surface area is 375 Å². The second kappa shape index (κ2) is 17.0. The Balaban J connectivity index is 0.775. The Morgan fingerprint density at radius 3 is 2.68 bits per heavy atom. The molecule has 7 heterocycles. The van der Waals surface area contributed by atoms with E-state index in [9.17, 15) is 14.4 Å². The van der Waals surface area contributed by atoms with Crippen LogP contribution in [-0.2, 0) is 30.8 Å². The molecule has 334 valence electrons. The van der Waals surface area contributed by atoms with E-state index in [0.717, 1.165) is 98.7 Å². The number of hydrogen-bond donors (Lipinski definition) is 5. The zero-order valence-corrected chi connectivity index (χ0v) is 37.2. The van der Waals surface area contributed by atoms with Crippen molar-refractivity contribution in [2.24, 2.45) is 0 Å². The second-order valence-corrected chi connectivity index (χ2v) is 17.5. The number of aromatic amines is 1. The van der Waals surface area contributed by atoms with Crippen molar-refractivity contribution < 1.29 is 18.9 Å². The molecule has 1 saturated carbocycles. The monoisotopic (exact) mass is 875 g/mol. The summed E-state index contributed by atoms with van der Waals surface area (Å²) in [5, 5.41) is 23.7. The van der Waals surface area contributed by atoms with E-state index in [-0.39, 0.29) is 23.5 Å². The number of hydrogen-bond acceptors (Lipinski definition) is 11. The molecular formula is C48H53N13O4. The van der Waals surface area contributed by atoms with Crippen molar-refractivity contribution in [3.63, 3.8) is 0 Å². The lowest BCUT2D eigenvalue weighted by molar-refractivity contribution is -0.126. The van der Waals surface area contributed by atoms with E-state index < -0.39 is 6.04 Å². The van der Waals surface area contributed by atoms with Crippen molar-refractivity contribution in [2.75, 3.05) is 23.7 Å². The predicted molar refractivity (Wildman–Crippen MR) is 247 cm³/mol. The number of anilines is 3. The molecule has 2 aromatic carbocycles. The average Bonchev–Trinajstić information content (AvgIpc) is 3.54. The standard InChI is InChI=1S/C48H53N13O4/c1-6-61-40(22-37(57-61)30-14-15-30)54-44-42-34-20-26(2)33(41-28(4)58-65-29(41)5)21-38(34)53-43(42)55-45(56-44)47(63)50-17-8-10-31-23-59(25-51-31)19-9-18-49-36-12-7-11-32-35(36)24-60(48(32)64)39-16-13-27(3)52-46(39)62/h7,11-12,20-23,25,30,39,49H,3,6,8-10,13-19,24H2,1-2,4-5H3,(H,50,63)(H,52,62)(H2,53,54,55,56). The number of imidazole rings is 1. The van der Waals surface area contributed by atoms with Crippen LogP contribution in [0, 0.1) is 20.8 Å². The summed E-state index contributed by atoms with van der Waals surface area (Å²) >= 11 is 0. The van der Waals surface area contributed by atoms with E-state index >= 15 is 0 Å². The van der Waals surface area contributed by atoms with Crippen LogP contribution in [0.2, 0.25) is 0 Å². The Bertz CT molecular complexity index is 3000. The van der Waals surface area contributed by atoms with Crippen molar-refractivity contribution in [1.29, 1.82) is 0 Å². The highest BCUT2D eigenvalue weighted by atomic mass is 16.5. The molecule has 0 radical (unpaired) electrons. The van der Waals surface area contributed by atoms with Crippen LogP contribution in [0.25, 0.3) is 33.1 Å². The van der Waals surface area contributed by atoms with Gasteiger partial charge in [0.25, 0.3) is 11.8 Å². The summed E-state index contributed by atoms with van der Waals surface area (Å²) in [4.78, 5) is 59.1. The molecular weight excluding hydrogens is 823 g/mol. The highest BCUT2D eigenvalue weighted by molar-refractivity contribution is 6.13. The molecule has 5 N–H and O–H groups in total. The van der Waals surface area contributed by atoms with Crippen molar-refractivity contribution in [3.05, 3.63) is 107 Å². The highest BCUT2D eigenvalue weighted by Gasteiger charge is 2.39. The molecule has 1 atom stereocenters. The molecule has 10 rings (SSSR count). The second-order valence-electron chi connectivity index (χ2n) is 17.5. The van der Waals surface area contributed by atoms with E-state index in [2.05, 4.69) is 79.6 Å². The van der Waals surface area contributed by atoms with E-state index in [1.54, 1.807) is 4.90 Å². The molecule has 65 heavy (non-hydrogen) atoms. The van der Waals surface area contributed by atoms with Gasteiger partial charge in [0.15, 0.2) is 0 Å². The molecule has 3 amide bonds. The van der Waals surface area contributed by atoms with Gasteiger partial charge >= 0.3 is 0 Å². The number of amides is 3. The van der Waals surface area contributed by atoms with Gasteiger partial charge in [0, 0.05) is 89.9 Å². The minimum absolute atomic E-state index is 0.0599. The first-order valence-corrected chi connectivity index (χ1v) is 22.6. The zero-order valence-electron chi connectivity index (χ0n) is 37.2. The topological polar surface area (TPSA) is 206 Å². The van der Waals surface area contributed by atoms with Crippen molar-refractivity contribution in [1.82, 2.24) is 55.0 Å². The van der Waals surface area contributed by atoms with Crippen LogP contribution in [0.3, 0.4) is 0 Å². The minimum Gasteiger partial charge on any atom is -0.385 e. The molecule has 7 aromatic rings. The van der Waals surface area contributed by atoms with Crippen molar-refractivity contribution in [3.8, 4) is 11.1 Å². The predicted octanol–water partition coefficient (Wildman–Crippen LogP) is 7.34. The Morgan fingerprint density at radius 2 is 1.89 bits per heavy atom. The molecule has 1 aliphatic carbocycles. The van der Waals surface area contributed by atoms with Gasteiger partial charge in [-0.15, -0.1) is 0 Å². The SMILES string of the molecule is C=C1CCC(N2Cc3c(NCCCn4cnc(CCCNC(=O)c5nc(Nc6cc(C7CC7)nn6CC)c6c(n5)[nH]c5cc(-c7c(C)noc7C)c(C)cc56)c4)cccc3C2=O)C(=O)N1. The third kappa shape index (κ3) is 8.10. The fourth-order valence-corrected chi connectivity index (χ4v) is 9.28. The quantitative estimate of drug-likeness (QED) is 0.0608. The number of piperidine rings is 1. The number of aryl methyl sites for hydroxylation is 6. The highest BCUT2D eigenvalue weighted by Crippen LogP contribution is 2.42. The largest absolute Gasteiger partial charge is 0.385 e. The molecule has 2 fully saturated rings. The van der Waals surface area contributed by atoms with Gasteiger partial charge in [0.1, 0.15) is 29.1 Å². The fourth-order valence-electron chi connectivity index (χ4n) is 9.28. The Hall–Kier alpha value is -7.30. The summed E-state index contributed by atoms with van der Waals surface area (Å²) in [5.41, 5.74) is 10.4. The molecule has 17 nitrogen and oxygen atoms in total.